The van der Waals surface area contributed by atoms with Crippen molar-refractivity contribution in [2.75, 3.05) is 12.3 Å². The Labute approximate surface area is 104 Å². The molecular formula is C13H21NO2S. The summed E-state index contributed by atoms with van der Waals surface area (Å²) in [7, 11) is -3.13. The molecule has 3 nitrogen and oxygen atoms in total. The largest absolute Gasteiger partial charge is 0.330 e. The summed E-state index contributed by atoms with van der Waals surface area (Å²) in [6.07, 6.45) is 1.48. The van der Waals surface area contributed by atoms with Gasteiger partial charge >= 0.3 is 0 Å². The maximum absolute atomic E-state index is 12.0. The Morgan fingerprint density at radius 3 is 2.29 bits per heavy atom. The number of benzene rings is 1. The Bertz CT molecular complexity index is 438. The van der Waals surface area contributed by atoms with Crippen LogP contribution in [0.3, 0.4) is 0 Å². The lowest BCUT2D eigenvalue weighted by molar-refractivity contribution is 0.344. The summed E-state index contributed by atoms with van der Waals surface area (Å²) in [6.45, 7) is 4.70. The third-order valence-corrected chi connectivity index (χ3v) is 4.74. The Kier molecular flexibility index (Phi) is 4.71. The van der Waals surface area contributed by atoms with Crippen molar-refractivity contribution in [3.05, 3.63) is 30.3 Å². The first-order chi connectivity index (χ1) is 7.87. The van der Waals surface area contributed by atoms with Gasteiger partial charge in [0.1, 0.15) is 0 Å². The summed E-state index contributed by atoms with van der Waals surface area (Å²) in [5.74, 6) is 0.195. The minimum atomic E-state index is -3.13. The molecule has 0 unspecified atom stereocenters. The summed E-state index contributed by atoms with van der Waals surface area (Å²) >= 11 is 0. The molecule has 0 aliphatic carbocycles. The molecular weight excluding hydrogens is 234 g/mol. The maximum Gasteiger partial charge on any atom is 0.178 e. The molecule has 0 fully saturated rings. The van der Waals surface area contributed by atoms with Gasteiger partial charge in [-0.25, -0.2) is 8.42 Å². The molecule has 2 N–H and O–H groups in total. The lowest BCUT2D eigenvalue weighted by atomic mass is 9.88. The summed E-state index contributed by atoms with van der Waals surface area (Å²) in [5, 5.41) is 0. The smallest absolute Gasteiger partial charge is 0.178 e. The van der Waals surface area contributed by atoms with E-state index in [4.69, 9.17) is 5.73 Å². The minimum Gasteiger partial charge on any atom is -0.330 e. The van der Waals surface area contributed by atoms with E-state index in [1.165, 1.54) is 0 Å². The minimum absolute atomic E-state index is 0.0200. The zero-order chi connectivity index (χ0) is 12.9. The molecule has 0 saturated carbocycles. The third-order valence-electron chi connectivity index (χ3n) is 2.92. The molecule has 1 aromatic carbocycles. The van der Waals surface area contributed by atoms with Gasteiger partial charge < -0.3 is 5.73 Å². The first-order valence-corrected chi connectivity index (χ1v) is 7.50. The van der Waals surface area contributed by atoms with Gasteiger partial charge in [0.25, 0.3) is 0 Å². The zero-order valence-corrected chi connectivity index (χ0v) is 11.3. The monoisotopic (exact) mass is 255 g/mol. The number of sulfone groups is 1. The number of hydrogen-bond donors (Lipinski definition) is 1. The fourth-order valence-electron chi connectivity index (χ4n) is 1.59. The van der Waals surface area contributed by atoms with Gasteiger partial charge in [-0.3, -0.25) is 0 Å². The average Bonchev–Trinajstić information content (AvgIpc) is 2.30. The SMILES string of the molecule is CC(C)(CN)CCCS(=O)(=O)c1ccccc1. The molecule has 0 radical (unpaired) electrons. The van der Waals surface area contributed by atoms with Crippen LogP contribution in [0.2, 0.25) is 0 Å². The van der Waals surface area contributed by atoms with Crippen LogP contribution >= 0.6 is 0 Å². The van der Waals surface area contributed by atoms with Crippen molar-refractivity contribution in [3.8, 4) is 0 Å². The van der Waals surface area contributed by atoms with Gasteiger partial charge in [0.05, 0.1) is 10.6 Å². The molecule has 17 heavy (non-hydrogen) atoms. The molecule has 0 atom stereocenters. The lowest BCUT2D eigenvalue weighted by Crippen LogP contribution is -2.24. The summed E-state index contributed by atoms with van der Waals surface area (Å²) in [6, 6.07) is 8.59. The van der Waals surface area contributed by atoms with Gasteiger partial charge in [0.2, 0.25) is 0 Å². The van der Waals surface area contributed by atoms with Crippen molar-refractivity contribution in [1.82, 2.24) is 0 Å². The second-order valence-corrected chi connectivity index (χ2v) is 7.21. The second kappa shape index (κ2) is 5.65. The van der Waals surface area contributed by atoms with Crippen molar-refractivity contribution in [3.63, 3.8) is 0 Å². The van der Waals surface area contributed by atoms with Crippen LogP contribution in [0.15, 0.2) is 35.2 Å². The first-order valence-electron chi connectivity index (χ1n) is 5.85. The lowest BCUT2D eigenvalue weighted by Gasteiger charge is -2.21. The molecule has 0 heterocycles. The van der Waals surface area contributed by atoms with Crippen molar-refractivity contribution in [2.24, 2.45) is 11.1 Å². The van der Waals surface area contributed by atoms with Crippen LogP contribution in [0, 0.1) is 5.41 Å². The highest BCUT2D eigenvalue weighted by Crippen LogP contribution is 2.22. The van der Waals surface area contributed by atoms with E-state index < -0.39 is 9.84 Å². The van der Waals surface area contributed by atoms with Gasteiger partial charge in [-0.15, -0.1) is 0 Å². The van der Waals surface area contributed by atoms with Crippen LogP contribution in [0.5, 0.6) is 0 Å². The zero-order valence-electron chi connectivity index (χ0n) is 10.5. The normalized spacial score (nSPS) is 12.6. The van der Waals surface area contributed by atoms with Crippen molar-refractivity contribution < 1.29 is 8.42 Å². The van der Waals surface area contributed by atoms with Crippen LogP contribution in [0.25, 0.3) is 0 Å². The van der Waals surface area contributed by atoms with Crippen LogP contribution in [-0.4, -0.2) is 20.7 Å². The third kappa shape index (κ3) is 4.48. The van der Waals surface area contributed by atoms with E-state index in [-0.39, 0.29) is 11.2 Å². The van der Waals surface area contributed by atoms with Crippen molar-refractivity contribution in [2.45, 2.75) is 31.6 Å². The molecule has 1 aromatic rings. The molecule has 0 aromatic heterocycles. The summed E-state index contributed by atoms with van der Waals surface area (Å²) in [5.41, 5.74) is 5.64. The Balaban J connectivity index is 2.58. The van der Waals surface area contributed by atoms with E-state index >= 15 is 0 Å². The highest BCUT2D eigenvalue weighted by molar-refractivity contribution is 7.91. The van der Waals surface area contributed by atoms with E-state index in [1.807, 2.05) is 6.07 Å². The molecule has 0 spiro atoms. The number of rotatable bonds is 6. The quantitative estimate of drug-likeness (QED) is 0.848. The van der Waals surface area contributed by atoms with Crippen LogP contribution < -0.4 is 5.73 Å². The van der Waals surface area contributed by atoms with Gasteiger partial charge in [0, 0.05) is 0 Å². The van der Waals surface area contributed by atoms with Gasteiger partial charge in [-0.2, -0.15) is 0 Å². The topological polar surface area (TPSA) is 60.2 Å². The molecule has 0 aliphatic heterocycles. The maximum atomic E-state index is 12.0. The fourth-order valence-corrected chi connectivity index (χ4v) is 2.92. The van der Waals surface area contributed by atoms with Crippen molar-refractivity contribution in [1.29, 1.82) is 0 Å². The average molecular weight is 255 g/mol. The Morgan fingerprint density at radius 2 is 1.76 bits per heavy atom. The summed E-state index contributed by atoms with van der Waals surface area (Å²) in [4.78, 5) is 0.408. The van der Waals surface area contributed by atoms with Gasteiger partial charge in [-0.1, -0.05) is 32.0 Å². The molecule has 0 saturated heterocycles. The molecule has 0 bridgehead atoms. The standard InChI is InChI=1S/C13H21NO2S/c1-13(2,11-14)9-6-10-17(15,16)12-7-4-3-5-8-12/h3-5,7-8H,6,9-11,14H2,1-2H3. The van der Waals surface area contributed by atoms with E-state index in [2.05, 4.69) is 13.8 Å². The highest BCUT2D eigenvalue weighted by Gasteiger charge is 2.18. The predicted octanol–water partition coefficient (Wildman–Crippen LogP) is 2.23. The molecule has 4 heteroatoms. The number of hydrogen-bond acceptors (Lipinski definition) is 3. The van der Waals surface area contributed by atoms with E-state index in [0.29, 0.717) is 17.9 Å². The van der Waals surface area contributed by atoms with Gasteiger partial charge in [0.15, 0.2) is 9.84 Å². The fraction of sp³-hybridized carbons (Fsp3) is 0.538. The Hall–Kier alpha value is -0.870. The van der Waals surface area contributed by atoms with Crippen LogP contribution in [-0.2, 0) is 9.84 Å². The number of nitrogens with two attached hydrogens (primary N) is 1. The molecule has 0 aliphatic rings. The van der Waals surface area contributed by atoms with E-state index in [1.54, 1.807) is 24.3 Å². The second-order valence-electron chi connectivity index (χ2n) is 5.10. The van der Waals surface area contributed by atoms with Crippen LogP contribution in [0.1, 0.15) is 26.7 Å². The van der Waals surface area contributed by atoms with Crippen LogP contribution in [0.4, 0.5) is 0 Å². The molecule has 0 amide bonds. The first kappa shape index (κ1) is 14.2. The molecule has 96 valence electrons. The van der Waals surface area contributed by atoms with Crippen molar-refractivity contribution >= 4 is 9.84 Å². The highest BCUT2D eigenvalue weighted by atomic mass is 32.2. The van der Waals surface area contributed by atoms with Gasteiger partial charge in [-0.05, 0) is 36.9 Å². The Morgan fingerprint density at radius 1 is 1.18 bits per heavy atom. The molecule has 1 rings (SSSR count). The summed E-state index contributed by atoms with van der Waals surface area (Å²) < 4.78 is 24.0. The predicted molar refractivity (Wildman–Crippen MR) is 70.6 cm³/mol. The van der Waals surface area contributed by atoms with E-state index in [0.717, 1.165) is 6.42 Å². The van der Waals surface area contributed by atoms with E-state index in [9.17, 15) is 8.42 Å².